The highest BCUT2D eigenvalue weighted by atomic mass is 35.5. The highest BCUT2D eigenvalue weighted by Crippen LogP contribution is 2.51. The molecular weight excluding hydrogens is 362 g/mol. The van der Waals surface area contributed by atoms with E-state index in [9.17, 15) is 14.7 Å². The molecule has 1 saturated carbocycles. The number of carbonyl (C=O) groups excluding carboxylic acids is 1. The van der Waals surface area contributed by atoms with E-state index in [0.29, 0.717) is 31.0 Å². The van der Waals surface area contributed by atoms with E-state index >= 15 is 0 Å². The quantitative estimate of drug-likeness (QED) is 0.867. The summed E-state index contributed by atoms with van der Waals surface area (Å²) >= 11 is 6.12. The molecule has 1 aliphatic heterocycles. The minimum Gasteiger partial charge on any atom is -0.481 e. The first kappa shape index (κ1) is 18.1. The third kappa shape index (κ3) is 3.02. The van der Waals surface area contributed by atoms with E-state index in [1.54, 1.807) is 0 Å². The molecule has 4 nitrogen and oxygen atoms in total. The van der Waals surface area contributed by atoms with Gasteiger partial charge in [0.1, 0.15) is 0 Å². The van der Waals surface area contributed by atoms with Crippen LogP contribution in [0.25, 0.3) is 0 Å². The lowest BCUT2D eigenvalue weighted by atomic mass is 9.72. The second kappa shape index (κ2) is 6.68. The van der Waals surface area contributed by atoms with E-state index in [4.69, 9.17) is 11.6 Å². The number of aliphatic carboxylic acids is 1. The third-order valence-electron chi connectivity index (χ3n) is 6.18. The number of amides is 1. The molecule has 0 radical (unpaired) electrons. The fourth-order valence-corrected chi connectivity index (χ4v) is 4.50. The number of carbonyl (C=O) groups is 2. The van der Waals surface area contributed by atoms with Gasteiger partial charge in [-0.3, -0.25) is 9.59 Å². The molecule has 0 atom stereocenters. The topological polar surface area (TPSA) is 57.6 Å². The number of halogens is 1. The molecule has 2 aromatic rings. The maximum atomic E-state index is 13.2. The molecular formula is C22H22ClNO3. The largest absolute Gasteiger partial charge is 0.481 e. The van der Waals surface area contributed by atoms with Gasteiger partial charge in [0, 0.05) is 18.1 Å². The van der Waals surface area contributed by atoms with Crippen molar-refractivity contribution >= 4 is 23.5 Å². The van der Waals surface area contributed by atoms with E-state index in [1.807, 2.05) is 59.5 Å². The lowest BCUT2D eigenvalue weighted by molar-refractivity contribution is -0.148. The van der Waals surface area contributed by atoms with Gasteiger partial charge in [0.2, 0.25) is 5.91 Å². The molecule has 5 heteroatoms. The number of nitrogens with zero attached hydrogens (tertiary/aromatic N) is 1. The first-order valence-corrected chi connectivity index (χ1v) is 9.70. The summed E-state index contributed by atoms with van der Waals surface area (Å²) < 4.78 is 0. The molecule has 4 rings (SSSR count). The van der Waals surface area contributed by atoms with Crippen LogP contribution in [0.2, 0.25) is 5.02 Å². The molecule has 2 fully saturated rings. The fraction of sp³-hybridized carbons (Fsp3) is 0.364. The van der Waals surface area contributed by atoms with Crippen molar-refractivity contribution in [2.45, 2.75) is 36.5 Å². The molecule has 0 bridgehead atoms. The van der Waals surface area contributed by atoms with Crippen molar-refractivity contribution in [3.63, 3.8) is 0 Å². The Morgan fingerprint density at radius 2 is 1.48 bits per heavy atom. The summed E-state index contributed by atoms with van der Waals surface area (Å²) in [6, 6.07) is 16.9. The van der Waals surface area contributed by atoms with Crippen molar-refractivity contribution in [2.75, 3.05) is 13.1 Å². The summed E-state index contributed by atoms with van der Waals surface area (Å²) in [6.07, 6.45) is 2.52. The van der Waals surface area contributed by atoms with Crippen molar-refractivity contribution in [1.29, 1.82) is 0 Å². The summed E-state index contributed by atoms with van der Waals surface area (Å²) in [4.78, 5) is 27.2. The van der Waals surface area contributed by atoms with Gasteiger partial charge in [0.05, 0.1) is 10.8 Å². The van der Waals surface area contributed by atoms with Gasteiger partial charge in [-0.1, -0.05) is 54.1 Å². The lowest BCUT2D eigenvalue weighted by Crippen LogP contribution is -2.51. The van der Waals surface area contributed by atoms with Gasteiger partial charge < -0.3 is 10.0 Å². The molecule has 27 heavy (non-hydrogen) atoms. The SMILES string of the molecule is O=C(O)C1(c2ccccc2)CCN(C(=O)C2(c3cccc(Cl)c3)CC2)CC1. The second-order valence-corrected chi connectivity index (χ2v) is 8.07. The number of hydrogen-bond acceptors (Lipinski definition) is 2. The van der Waals surface area contributed by atoms with Crippen LogP contribution in [0.15, 0.2) is 54.6 Å². The summed E-state index contributed by atoms with van der Waals surface area (Å²) in [5.74, 6) is -0.700. The molecule has 1 aliphatic carbocycles. The first-order valence-electron chi connectivity index (χ1n) is 9.32. The molecule has 0 spiro atoms. The Balaban J connectivity index is 1.54. The van der Waals surface area contributed by atoms with Crippen LogP contribution in [-0.4, -0.2) is 35.0 Å². The van der Waals surface area contributed by atoms with Crippen LogP contribution < -0.4 is 0 Å². The number of carboxylic acids is 1. The first-order chi connectivity index (χ1) is 13.0. The summed E-state index contributed by atoms with van der Waals surface area (Å²) in [5, 5.41) is 10.6. The summed E-state index contributed by atoms with van der Waals surface area (Å²) in [7, 11) is 0. The molecule has 1 saturated heterocycles. The number of carboxylic acid groups (broad SMARTS) is 1. The zero-order valence-electron chi connectivity index (χ0n) is 15.0. The van der Waals surface area contributed by atoms with Crippen LogP contribution in [0.3, 0.4) is 0 Å². The number of hydrogen-bond donors (Lipinski definition) is 1. The zero-order chi connectivity index (χ0) is 19.1. The Morgan fingerprint density at radius 1 is 0.852 bits per heavy atom. The van der Waals surface area contributed by atoms with E-state index in [0.717, 1.165) is 24.0 Å². The molecule has 2 aliphatic rings. The average Bonchev–Trinajstić information content (AvgIpc) is 3.50. The van der Waals surface area contributed by atoms with Crippen molar-refractivity contribution in [2.24, 2.45) is 0 Å². The van der Waals surface area contributed by atoms with E-state index in [-0.39, 0.29) is 5.91 Å². The van der Waals surface area contributed by atoms with Gasteiger partial charge in [-0.2, -0.15) is 0 Å². The monoisotopic (exact) mass is 383 g/mol. The van der Waals surface area contributed by atoms with Crippen molar-refractivity contribution < 1.29 is 14.7 Å². The van der Waals surface area contributed by atoms with E-state index < -0.39 is 16.8 Å². The van der Waals surface area contributed by atoms with Crippen LogP contribution >= 0.6 is 11.6 Å². The maximum Gasteiger partial charge on any atom is 0.314 e. The third-order valence-corrected chi connectivity index (χ3v) is 6.41. The Labute approximate surface area is 163 Å². The minimum atomic E-state index is -0.912. The van der Waals surface area contributed by atoms with Crippen LogP contribution in [0.1, 0.15) is 36.8 Å². The lowest BCUT2D eigenvalue weighted by Gasteiger charge is -2.40. The van der Waals surface area contributed by atoms with E-state index in [2.05, 4.69) is 0 Å². The zero-order valence-corrected chi connectivity index (χ0v) is 15.8. The smallest absolute Gasteiger partial charge is 0.314 e. The van der Waals surface area contributed by atoms with Gasteiger partial charge in [0.25, 0.3) is 0 Å². The molecule has 1 heterocycles. The second-order valence-electron chi connectivity index (χ2n) is 7.64. The Bertz CT molecular complexity index is 868. The molecule has 1 N–H and O–H groups in total. The molecule has 0 aromatic heterocycles. The van der Waals surface area contributed by atoms with Gasteiger partial charge in [-0.05, 0) is 48.9 Å². The van der Waals surface area contributed by atoms with Crippen LogP contribution in [0, 0.1) is 0 Å². The number of rotatable bonds is 4. The van der Waals surface area contributed by atoms with Gasteiger partial charge in [0.15, 0.2) is 0 Å². The van der Waals surface area contributed by atoms with Gasteiger partial charge in [-0.25, -0.2) is 0 Å². The van der Waals surface area contributed by atoms with Crippen molar-refractivity contribution in [1.82, 2.24) is 4.90 Å². The maximum absolute atomic E-state index is 13.2. The van der Waals surface area contributed by atoms with Gasteiger partial charge >= 0.3 is 5.97 Å². The number of piperidine rings is 1. The average molecular weight is 384 g/mol. The van der Waals surface area contributed by atoms with Crippen LogP contribution in [0.5, 0.6) is 0 Å². The summed E-state index contributed by atoms with van der Waals surface area (Å²) in [5.41, 5.74) is 0.407. The molecule has 2 aromatic carbocycles. The highest BCUT2D eigenvalue weighted by Gasteiger charge is 2.54. The molecule has 1 amide bonds. The van der Waals surface area contributed by atoms with Crippen LogP contribution in [-0.2, 0) is 20.4 Å². The predicted molar refractivity (Wildman–Crippen MR) is 104 cm³/mol. The fourth-order valence-electron chi connectivity index (χ4n) is 4.31. The summed E-state index contributed by atoms with van der Waals surface area (Å²) in [6.45, 7) is 0.921. The Morgan fingerprint density at radius 3 is 2.04 bits per heavy atom. The molecule has 0 unspecified atom stereocenters. The van der Waals surface area contributed by atoms with Gasteiger partial charge in [-0.15, -0.1) is 0 Å². The van der Waals surface area contributed by atoms with E-state index in [1.165, 1.54) is 0 Å². The highest BCUT2D eigenvalue weighted by molar-refractivity contribution is 6.30. The predicted octanol–water partition coefficient (Wildman–Crippen LogP) is 4.02. The number of likely N-dealkylation sites (tertiary alicyclic amines) is 1. The normalized spacial score (nSPS) is 20.1. The van der Waals surface area contributed by atoms with Crippen molar-refractivity contribution in [3.05, 3.63) is 70.7 Å². The Kier molecular flexibility index (Phi) is 4.47. The Hall–Kier alpha value is -2.33. The molecule has 140 valence electrons. The standard InChI is InChI=1S/C22H22ClNO3/c23-18-8-4-7-17(15-18)21(9-10-21)19(25)24-13-11-22(12-14-24,20(26)27)16-5-2-1-3-6-16/h1-8,15H,9-14H2,(H,26,27). The number of benzene rings is 2. The van der Waals surface area contributed by atoms with Crippen LogP contribution in [0.4, 0.5) is 0 Å². The van der Waals surface area contributed by atoms with Crippen molar-refractivity contribution in [3.8, 4) is 0 Å². The minimum absolute atomic E-state index is 0.108.